The molecule has 0 amide bonds. The Labute approximate surface area is 120 Å². The minimum Gasteiger partial charge on any atom is -0.394 e. The Morgan fingerprint density at radius 2 is 1.85 bits per heavy atom. The molecule has 0 unspecified atom stereocenters. The Morgan fingerprint density at radius 3 is 2.35 bits per heavy atom. The van der Waals surface area contributed by atoms with Gasteiger partial charge in [0, 0.05) is 11.5 Å². The van der Waals surface area contributed by atoms with Gasteiger partial charge in [0.05, 0.1) is 12.1 Å². The summed E-state index contributed by atoms with van der Waals surface area (Å²) >= 11 is 0. The number of aliphatic hydroxyl groups is 1. The van der Waals surface area contributed by atoms with Crippen molar-refractivity contribution in [3.63, 3.8) is 0 Å². The first kappa shape index (κ1) is 15.0. The molecule has 1 aromatic rings. The number of hydrogen-bond donors (Lipinski definition) is 4. The van der Waals surface area contributed by atoms with E-state index in [0.29, 0.717) is 5.82 Å². The van der Waals surface area contributed by atoms with Gasteiger partial charge in [-0.2, -0.15) is 0 Å². The topological polar surface area (TPSA) is 96.1 Å². The lowest BCUT2D eigenvalue weighted by Gasteiger charge is -2.30. The monoisotopic (exact) mass is 279 g/mol. The number of nitrogens with zero attached hydrogens (tertiary/aromatic N) is 2. The SMILES string of the molecule is Cc1c(NN)nc(C(C)C)nc1NC1(CO)CCCC1. The molecule has 0 atom stereocenters. The van der Waals surface area contributed by atoms with Crippen molar-refractivity contribution in [1.29, 1.82) is 0 Å². The van der Waals surface area contributed by atoms with Gasteiger partial charge >= 0.3 is 0 Å². The summed E-state index contributed by atoms with van der Waals surface area (Å²) in [5, 5.41) is 13.2. The molecule has 6 nitrogen and oxygen atoms in total. The molecule has 5 N–H and O–H groups in total. The zero-order valence-corrected chi connectivity index (χ0v) is 12.5. The van der Waals surface area contributed by atoms with Crippen LogP contribution in [0.4, 0.5) is 11.6 Å². The lowest BCUT2D eigenvalue weighted by atomic mass is 9.98. The zero-order valence-electron chi connectivity index (χ0n) is 12.5. The van der Waals surface area contributed by atoms with E-state index in [2.05, 4.69) is 20.7 Å². The molecular weight excluding hydrogens is 254 g/mol. The first-order chi connectivity index (χ1) is 9.51. The van der Waals surface area contributed by atoms with Gasteiger partial charge < -0.3 is 15.8 Å². The van der Waals surface area contributed by atoms with Gasteiger partial charge in [0.25, 0.3) is 0 Å². The average molecular weight is 279 g/mol. The van der Waals surface area contributed by atoms with Gasteiger partial charge in [0.1, 0.15) is 17.5 Å². The van der Waals surface area contributed by atoms with Crippen molar-refractivity contribution in [1.82, 2.24) is 9.97 Å². The minimum atomic E-state index is -0.251. The third-order valence-electron chi connectivity index (χ3n) is 4.06. The maximum Gasteiger partial charge on any atom is 0.148 e. The fourth-order valence-corrected chi connectivity index (χ4v) is 2.68. The molecule has 0 spiro atoms. The molecule has 1 fully saturated rings. The first-order valence-electron chi connectivity index (χ1n) is 7.25. The predicted molar refractivity (Wildman–Crippen MR) is 80.6 cm³/mol. The summed E-state index contributed by atoms with van der Waals surface area (Å²) in [6, 6.07) is 0. The maximum absolute atomic E-state index is 9.73. The second kappa shape index (κ2) is 5.93. The Bertz CT molecular complexity index is 469. The molecular formula is C14H25N5O. The summed E-state index contributed by atoms with van der Waals surface area (Å²) in [5.41, 5.74) is 3.27. The molecule has 2 rings (SSSR count). The second-order valence-electron chi connectivity index (χ2n) is 5.97. The van der Waals surface area contributed by atoms with Crippen LogP contribution in [0.3, 0.4) is 0 Å². The lowest BCUT2D eigenvalue weighted by molar-refractivity contribution is 0.213. The normalized spacial score (nSPS) is 17.5. The van der Waals surface area contributed by atoms with Gasteiger partial charge in [-0.05, 0) is 19.8 Å². The van der Waals surface area contributed by atoms with Crippen LogP contribution < -0.4 is 16.6 Å². The van der Waals surface area contributed by atoms with Crippen molar-refractivity contribution in [3.05, 3.63) is 11.4 Å². The van der Waals surface area contributed by atoms with E-state index in [0.717, 1.165) is 42.9 Å². The molecule has 1 aromatic heterocycles. The molecule has 6 heteroatoms. The number of aromatic nitrogens is 2. The Morgan fingerprint density at radius 1 is 1.25 bits per heavy atom. The fraction of sp³-hybridized carbons (Fsp3) is 0.714. The van der Waals surface area contributed by atoms with Crippen LogP contribution in [-0.2, 0) is 0 Å². The zero-order chi connectivity index (χ0) is 14.8. The van der Waals surface area contributed by atoms with Crippen LogP contribution in [0.5, 0.6) is 0 Å². The van der Waals surface area contributed by atoms with Crippen LogP contribution in [-0.4, -0.2) is 27.2 Å². The maximum atomic E-state index is 9.73. The molecule has 1 aliphatic rings. The quantitative estimate of drug-likeness (QED) is 0.486. The van der Waals surface area contributed by atoms with E-state index in [4.69, 9.17) is 5.84 Å². The summed E-state index contributed by atoms with van der Waals surface area (Å²) in [4.78, 5) is 9.03. The molecule has 0 radical (unpaired) electrons. The van der Waals surface area contributed by atoms with Crippen LogP contribution in [0.25, 0.3) is 0 Å². The average Bonchev–Trinajstić information content (AvgIpc) is 2.90. The minimum absolute atomic E-state index is 0.124. The highest BCUT2D eigenvalue weighted by atomic mass is 16.3. The Hall–Kier alpha value is -1.40. The molecule has 20 heavy (non-hydrogen) atoms. The molecule has 1 saturated carbocycles. The smallest absolute Gasteiger partial charge is 0.148 e. The van der Waals surface area contributed by atoms with Crippen LogP contribution in [0.15, 0.2) is 0 Å². The largest absolute Gasteiger partial charge is 0.394 e. The van der Waals surface area contributed by atoms with E-state index in [9.17, 15) is 5.11 Å². The van der Waals surface area contributed by atoms with E-state index in [1.807, 2.05) is 20.8 Å². The first-order valence-corrected chi connectivity index (χ1v) is 7.25. The number of hydrogen-bond acceptors (Lipinski definition) is 6. The van der Waals surface area contributed by atoms with Crippen molar-refractivity contribution in [3.8, 4) is 0 Å². The predicted octanol–water partition coefficient (Wildman–Crippen LogP) is 1.91. The van der Waals surface area contributed by atoms with Crippen LogP contribution >= 0.6 is 0 Å². The van der Waals surface area contributed by atoms with E-state index in [-0.39, 0.29) is 18.1 Å². The van der Waals surface area contributed by atoms with E-state index in [1.165, 1.54) is 0 Å². The number of aliphatic hydroxyl groups excluding tert-OH is 1. The van der Waals surface area contributed by atoms with Gasteiger partial charge in [-0.1, -0.05) is 26.7 Å². The molecule has 0 aromatic carbocycles. The number of rotatable bonds is 5. The number of hydrazine groups is 1. The van der Waals surface area contributed by atoms with Crippen molar-refractivity contribution in [2.24, 2.45) is 5.84 Å². The third kappa shape index (κ3) is 2.86. The van der Waals surface area contributed by atoms with Crippen molar-refractivity contribution in [2.45, 2.75) is 57.9 Å². The molecule has 0 aliphatic heterocycles. The number of anilines is 2. The van der Waals surface area contributed by atoms with E-state index >= 15 is 0 Å². The molecule has 1 aliphatic carbocycles. The van der Waals surface area contributed by atoms with Crippen molar-refractivity contribution >= 4 is 11.6 Å². The summed E-state index contributed by atoms with van der Waals surface area (Å²) in [6.45, 7) is 6.15. The van der Waals surface area contributed by atoms with Gasteiger partial charge in [-0.15, -0.1) is 0 Å². The summed E-state index contributed by atoms with van der Waals surface area (Å²) in [5.74, 6) is 7.92. The lowest BCUT2D eigenvalue weighted by Crippen LogP contribution is -2.39. The summed E-state index contributed by atoms with van der Waals surface area (Å²) < 4.78 is 0. The molecule has 0 saturated heterocycles. The van der Waals surface area contributed by atoms with Gasteiger partial charge in [-0.25, -0.2) is 15.8 Å². The fourth-order valence-electron chi connectivity index (χ4n) is 2.68. The Balaban J connectivity index is 2.37. The number of nitrogen functional groups attached to an aromatic ring is 1. The standard InChI is InChI=1S/C14H25N5O/c1-9(2)11-16-12(10(3)13(17-11)19-15)18-14(8-20)6-4-5-7-14/h9,20H,4-8,15H2,1-3H3,(H2,16,17,18,19). The highest BCUT2D eigenvalue weighted by Crippen LogP contribution is 2.34. The van der Waals surface area contributed by atoms with Crippen LogP contribution in [0.2, 0.25) is 0 Å². The van der Waals surface area contributed by atoms with Crippen LogP contribution in [0, 0.1) is 6.92 Å². The van der Waals surface area contributed by atoms with Gasteiger partial charge in [-0.3, -0.25) is 0 Å². The van der Waals surface area contributed by atoms with Gasteiger partial charge in [0.2, 0.25) is 0 Å². The van der Waals surface area contributed by atoms with Crippen molar-refractivity contribution < 1.29 is 5.11 Å². The van der Waals surface area contributed by atoms with E-state index < -0.39 is 0 Å². The van der Waals surface area contributed by atoms with E-state index in [1.54, 1.807) is 0 Å². The molecule has 112 valence electrons. The second-order valence-corrected chi connectivity index (χ2v) is 5.97. The highest BCUT2D eigenvalue weighted by molar-refractivity contribution is 5.58. The molecule has 1 heterocycles. The summed E-state index contributed by atoms with van der Waals surface area (Å²) in [6.07, 6.45) is 4.21. The van der Waals surface area contributed by atoms with Crippen molar-refractivity contribution in [2.75, 3.05) is 17.3 Å². The summed E-state index contributed by atoms with van der Waals surface area (Å²) in [7, 11) is 0. The van der Waals surface area contributed by atoms with Crippen LogP contribution in [0.1, 0.15) is 56.8 Å². The number of nitrogens with two attached hydrogens (primary N) is 1. The highest BCUT2D eigenvalue weighted by Gasteiger charge is 2.34. The number of nitrogens with one attached hydrogen (secondary N) is 2. The third-order valence-corrected chi connectivity index (χ3v) is 4.06. The Kier molecular flexibility index (Phi) is 4.45. The molecule has 0 bridgehead atoms. The van der Waals surface area contributed by atoms with Gasteiger partial charge in [0.15, 0.2) is 0 Å².